The summed E-state index contributed by atoms with van der Waals surface area (Å²) in [5.41, 5.74) is 2.25. The zero-order valence-electron chi connectivity index (χ0n) is 17.7. The van der Waals surface area contributed by atoms with Crippen molar-refractivity contribution in [3.63, 3.8) is 0 Å². The molecular formula is C24H28N4OS. The number of aryl methyl sites for hydroxylation is 2. The van der Waals surface area contributed by atoms with Crippen molar-refractivity contribution in [1.82, 2.24) is 14.9 Å². The normalized spacial score (nSPS) is 19.2. The number of nitrogens with zero attached hydrogens (tertiary/aromatic N) is 4. The molecule has 0 spiro atoms. The highest BCUT2D eigenvalue weighted by Crippen LogP contribution is 2.41. The molecule has 2 aliphatic rings. The van der Waals surface area contributed by atoms with E-state index >= 15 is 0 Å². The molecule has 0 unspecified atom stereocenters. The number of carbonyl (C=O) groups excluding carboxylic acids is 1. The van der Waals surface area contributed by atoms with E-state index in [9.17, 15) is 4.79 Å². The fourth-order valence-electron chi connectivity index (χ4n) is 4.64. The molecule has 1 saturated heterocycles. The van der Waals surface area contributed by atoms with Crippen LogP contribution in [0.3, 0.4) is 0 Å². The van der Waals surface area contributed by atoms with Gasteiger partial charge in [0.25, 0.3) is 5.91 Å². The van der Waals surface area contributed by atoms with Crippen LogP contribution in [0.4, 0.5) is 5.82 Å². The van der Waals surface area contributed by atoms with E-state index in [1.54, 1.807) is 0 Å². The van der Waals surface area contributed by atoms with Crippen LogP contribution < -0.4 is 4.90 Å². The van der Waals surface area contributed by atoms with Gasteiger partial charge in [0.1, 0.15) is 16.5 Å². The molecule has 1 amide bonds. The van der Waals surface area contributed by atoms with Gasteiger partial charge in [0, 0.05) is 43.0 Å². The summed E-state index contributed by atoms with van der Waals surface area (Å²) in [6, 6.07) is 9.59. The van der Waals surface area contributed by atoms with Crippen LogP contribution in [0.25, 0.3) is 10.2 Å². The molecule has 0 radical (unpaired) electrons. The lowest BCUT2D eigenvalue weighted by molar-refractivity contribution is 0.0746. The van der Waals surface area contributed by atoms with Crippen LogP contribution in [0.1, 0.15) is 46.9 Å². The number of aromatic nitrogens is 2. The summed E-state index contributed by atoms with van der Waals surface area (Å²) in [5.74, 6) is 2.89. The van der Waals surface area contributed by atoms with Crippen molar-refractivity contribution < 1.29 is 4.79 Å². The van der Waals surface area contributed by atoms with E-state index in [1.807, 2.05) is 46.6 Å². The predicted octanol–water partition coefficient (Wildman–Crippen LogP) is 4.34. The first-order valence-electron chi connectivity index (χ1n) is 11.0. The number of fused-ring (bicyclic) bond motifs is 3. The third-order valence-electron chi connectivity index (χ3n) is 6.39. The largest absolute Gasteiger partial charge is 0.352 e. The highest BCUT2D eigenvalue weighted by molar-refractivity contribution is 7.19. The highest BCUT2D eigenvalue weighted by atomic mass is 32.1. The van der Waals surface area contributed by atoms with Crippen molar-refractivity contribution >= 4 is 33.3 Å². The molecule has 1 aromatic carbocycles. The molecule has 0 bridgehead atoms. The van der Waals surface area contributed by atoms with E-state index in [4.69, 9.17) is 9.97 Å². The van der Waals surface area contributed by atoms with Gasteiger partial charge in [0.15, 0.2) is 0 Å². The molecule has 3 aromatic rings. The highest BCUT2D eigenvalue weighted by Gasteiger charge is 2.28. The molecule has 0 N–H and O–H groups in total. The summed E-state index contributed by atoms with van der Waals surface area (Å²) < 4.78 is 0. The molecule has 1 atom stereocenters. The first-order valence-corrected chi connectivity index (χ1v) is 11.9. The van der Waals surface area contributed by atoms with Crippen LogP contribution in [-0.2, 0) is 19.3 Å². The van der Waals surface area contributed by atoms with E-state index < -0.39 is 0 Å². The number of rotatable bonds is 3. The van der Waals surface area contributed by atoms with Crippen molar-refractivity contribution in [2.45, 2.75) is 39.5 Å². The smallest absolute Gasteiger partial charge is 0.253 e. The summed E-state index contributed by atoms with van der Waals surface area (Å²) >= 11 is 1.87. The van der Waals surface area contributed by atoms with Gasteiger partial charge >= 0.3 is 0 Å². The second kappa shape index (κ2) is 7.99. The summed E-state index contributed by atoms with van der Waals surface area (Å²) in [6.07, 6.45) is 4.38. The minimum Gasteiger partial charge on any atom is -0.352 e. The van der Waals surface area contributed by atoms with Crippen LogP contribution in [0, 0.1) is 5.92 Å². The molecule has 30 heavy (non-hydrogen) atoms. The van der Waals surface area contributed by atoms with Gasteiger partial charge in [0.2, 0.25) is 0 Å². The van der Waals surface area contributed by atoms with E-state index in [0.717, 1.165) is 73.4 Å². The second-order valence-electron chi connectivity index (χ2n) is 8.49. The lowest BCUT2D eigenvalue weighted by Gasteiger charge is -2.36. The Labute approximate surface area is 181 Å². The number of hydrogen-bond donors (Lipinski definition) is 0. The van der Waals surface area contributed by atoms with Crippen LogP contribution >= 0.6 is 11.3 Å². The van der Waals surface area contributed by atoms with Gasteiger partial charge in [-0.15, -0.1) is 11.3 Å². The monoisotopic (exact) mass is 420 g/mol. The summed E-state index contributed by atoms with van der Waals surface area (Å²) in [5, 5.41) is 1.28. The summed E-state index contributed by atoms with van der Waals surface area (Å²) in [6.45, 7) is 7.55. The van der Waals surface area contributed by atoms with Crippen LogP contribution in [-0.4, -0.2) is 47.0 Å². The quantitative estimate of drug-likeness (QED) is 0.632. The topological polar surface area (TPSA) is 49.3 Å². The molecule has 2 aromatic heterocycles. The van der Waals surface area contributed by atoms with Crippen LogP contribution in [0.5, 0.6) is 0 Å². The molecule has 0 saturated carbocycles. The van der Waals surface area contributed by atoms with Crippen molar-refractivity contribution in [2.75, 3.05) is 31.1 Å². The maximum atomic E-state index is 12.8. The summed E-state index contributed by atoms with van der Waals surface area (Å²) in [7, 11) is 0. The maximum absolute atomic E-state index is 12.8. The third-order valence-corrected chi connectivity index (χ3v) is 7.53. The Kier molecular flexibility index (Phi) is 5.19. The van der Waals surface area contributed by atoms with E-state index in [1.165, 1.54) is 22.2 Å². The molecular weight excluding hydrogens is 392 g/mol. The SMILES string of the molecule is CCc1nc(N2CCN(C(=O)c3ccccc3)CC2)c2c3c(sc2n1)C[C@H](C)CC3. The second-order valence-corrected chi connectivity index (χ2v) is 9.58. The van der Waals surface area contributed by atoms with Crippen molar-refractivity contribution in [2.24, 2.45) is 5.92 Å². The molecule has 156 valence electrons. The Morgan fingerprint density at radius 1 is 1.13 bits per heavy atom. The van der Waals surface area contributed by atoms with E-state index in [2.05, 4.69) is 18.7 Å². The standard InChI is InChI=1S/C24H28N4OS/c1-3-20-25-22(21-18-10-9-16(2)15-19(18)30-23(21)26-20)27-11-13-28(14-12-27)24(29)17-7-5-4-6-8-17/h4-8,16H,3,9-15H2,1-2H3/t16-/m1/s1. The average Bonchev–Trinajstić information content (AvgIpc) is 3.16. The Morgan fingerprint density at radius 3 is 2.63 bits per heavy atom. The number of amides is 1. The first kappa shape index (κ1) is 19.5. The van der Waals surface area contributed by atoms with Gasteiger partial charge in [-0.2, -0.15) is 0 Å². The van der Waals surface area contributed by atoms with Crippen molar-refractivity contribution in [1.29, 1.82) is 0 Å². The Morgan fingerprint density at radius 2 is 1.90 bits per heavy atom. The predicted molar refractivity (Wildman–Crippen MR) is 123 cm³/mol. The minimum atomic E-state index is 0.124. The number of carbonyl (C=O) groups is 1. The number of piperazine rings is 1. The fourth-order valence-corrected chi connectivity index (χ4v) is 6.03. The van der Waals surface area contributed by atoms with Crippen molar-refractivity contribution in [3.05, 3.63) is 52.2 Å². The van der Waals surface area contributed by atoms with E-state index in [-0.39, 0.29) is 5.91 Å². The number of anilines is 1. The van der Waals surface area contributed by atoms with Gasteiger partial charge in [-0.05, 0) is 42.9 Å². The van der Waals surface area contributed by atoms with Crippen molar-refractivity contribution in [3.8, 4) is 0 Å². The van der Waals surface area contributed by atoms with Gasteiger partial charge in [-0.1, -0.05) is 32.0 Å². The first-order chi connectivity index (χ1) is 14.6. The molecule has 1 aliphatic heterocycles. The molecule has 1 fully saturated rings. The number of benzene rings is 1. The number of thiophene rings is 1. The molecule has 5 rings (SSSR count). The van der Waals surface area contributed by atoms with Gasteiger partial charge in [-0.25, -0.2) is 9.97 Å². The Bertz CT molecular complexity index is 1070. The molecule has 1 aliphatic carbocycles. The lowest BCUT2D eigenvalue weighted by atomic mass is 9.89. The maximum Gasteiger partial charge on any atom is 0.253 e. The molecule has 3 heterocycles. The fraction of sp³-hybridized carbons (Fsp3) is 0.458. The number of hydrogen-bond acceptors (Lipinski definition) is 5. The Balaban J connectivity index is 1.43. The van der Waals surface area contributed by atoms with E-state index in [0.29, 0.717) is 0 Å². The Hall–Kier alpha value is -2.47. The van der Waals surface area contributed by atoms with Crippen LogP contribution in [0.15, 0.2) is 30.3 Å². The average molecular weight is 421 g/mol. The zero-order chi connectivity index (χ0) is 20.7. The third kappa shape index (κ3) is 3.47. The lowest BCUT2D eigenvalue weighted by Crippen LogP contribution is -2.49. The van der Waals surface area contributed by atoms with Gasteiger partial charge in [0.05, 0.1) is 5.39 Å². The van der Waals surface area contributed by atoms with Crippen LogP contribution in [0.2, 0.25) is 0 Å². The minimum absolute atomic E-state index is 0.124. The molecule has 5 nitrogen and oxygen atoms in total. The van der Waals surface area contributed by atoms with Gasteiger partial charge < -0.3 is 9.80 Å². The molecule has 6 heteroatoms. The summed E-state index contributed by atoms with van der Waals surface area (Å²) in [4.78, 5) is 29.7. The zero-order valence-corrected chi connectivity index (χ0v) is 18.5. The van der Waals surface area contributed by atoms with Gasteiger partial charge in [-0.3, -0.25) is 4.79 Å².